The Bertz CT molecular complexity index is 800. The van der Waals surface area contributed by atoms with Gasteiger partial charge in [0.2, 0.25) is 0 Å². The number of carbonyl (C=O) groups is 1. The van der Waals surface area contributed by atoms with E-state index in [0.717, 1.165) is 11.5 Å². The summed E-state index contributed by atoms with van der Waals surface area (Å²) < 4.78 is 13.6. The molecular weight excluding hydrogens is 281 g/mol. The van der Waals surface area contributed by atoms with Gasteiger partial charge in [0.05, 0.1) is 23.0 Å². The van der Waals surface area contributed by atoms with E-state index in [1.807, 2.05) is 6.07 Å². The molecule has 1 aromatic heterocycles. The van der Waals surface area contributed by atoms with Crippen LogP contribution in [0.1, 0.15) is 10.4 Å². The molecule has 6 heteroatoms. The molecule has 1 amide bonds. The number of hydrogen-bond donors (Lipinski definition) is 2. The molecule has 0 saturated carbocycles. The number of para-hydroxylation sites is 1. The fourth-order valence-corrected chi connectivity index (χ4v) is 2.11. The van der Waals surface area contributed by atoms with Crippen molar-refractivity contribution < 1.29 is 9.18 Å². The molecule has 3 rings (SSSR count). The molecule has 0 saturated heterocycles. The quantitative estimate of drug-likeness (QED) is 0.757. The fraction of sp³-hybridized carbons (Fsp3) is 0. The van der Waals surface area contributed by atoms with Crippen molar-refractivity contribution in [2.75, 3.05) is 5.32 Å². The summed E-state index contributed by atoms with van der Waals surface area (Å²) in [6, 6.07) is 9.19. The molecule has 0 unspecified atom stereocenters. The van der Waals surface area contributed by atoms with Gasteiger partial charge in [-0.05, 0) is 24.3 Å². The Morgan fingerprint density at radius 2 is 2.15 bits per heavy atom. The van der Waals surface area contributed by atoms with Crippen molar-refractivity contribution >= 4 is 34.1 Å². The van der Waals surface area contributed by atoms with Crippen molar-refractivity contribution in [1.82, 2.24) is 10.2 Å². The summed E-state index contributed by atoms with van der Waals surface area (Å²) in [6.07, 6.45) is 1.64. The highest BCUT2D eigenvalue weighted by atomic mass is 35.5. The minimum absolute atomic E-state index is 0.103. The second-order valence-electron chi connectivity index (χ2n) is 4.22. The number of nitrogens with zero attached hydrogens (tertiary/aromatic N) is 1. The lowest BCUT2D eigenvalue weighted by atomic mass is 10.2. The number of aromatic amines is 1. The number of anilines is 1. The second-order valence-corrected chi connectivity index (χ2v) is 4.65. The van der Waals surface area contributed by atoms with E-state index < -0.39 is 11.7 Å². The zero-order chi connectivity index (χ0) is 14.1. The van der Waals surface area contributed by atoms with E-state index in [4.69, 9.17) is 11.6 Å². The minimum atomic E-state index is -0.622. The van der Waals surface area contributed by atoms with Crippen LogP contribution in [0.15, 0.2) is 42.6 Å². The van der Waals surface area contributed by atoms with Crippen molar-refractivity contribution in [2.45, 2.75) is 0 Å². The second kappa shape index (κ2) is 4.94. The highest BCUT2D eigenvalue weighted by Gasteiger charge is 2.14. The number of nitrogens with one attached hydrogen (secondary N) is 2. The van der Waals surface area contributed by atoms with Crippen LogP contribution in [0.3, 0.4) is 0 Å². The lowest BCUT2D eigenvalue weighted by Crippen LogP contribution is -2.14. The third kappa shape index (κ3) is 2.23. The normalized spacial score (nSPS) is 10.7. The molecule has 2 N–H and O–H groups in total. The monoisotopic (exact) mass is 289 g/mol. The summed E-state index contributed by atoms with van der Waals surface area (Å²) >= 11 is 5.78. The Hall–Kier alpha value is -2.40. The Labute approximate surface area is 118 Å². The predicted molar refractivity (Wildman–Crippen MR) is 75.5 cm³/mol. The molecule has 1 heterocycles. The summed E-state index contributed by atoms with van der Waals surface area (Å²) in [5.74, 6) is -1.18. The maximum atomic E-state index is 13.6. The number of benzene rings is 2. The van der Waals surface area contributed by atoms with E-state index in [1.54, 1.807) is 18.3 Å². The maximum Gasteiger partial charge on any atom is 0.258 e. The van der Waals surface area contributed by atoms with Crippen LogP contribution in [-0.2, 0) is 0 Å². The number of fused-ring (bicyclic) bond motifs is 1. The van der Waals surface area contributed by atoms with Crippen LogP contribution in [0, 0.1) is 5.82 Å². The molecule has 4 nitrogen and oxygen atoms in total. The largest absolute Gasteiger partial charge is 0.320 e. The van der Waals surface area contributed by atoms with Crippen molar-refractivity contribution in [1.29, 1.82) is 0 Å². The van der Waals surface area contributed by atoms with E-state index in [2.05, 4.69) is 15.5 Å². The third-order valence-corrected chi connectivity index (χ3v) is 3.13. The minimum Gasteiger partial charge on any atom is -0.320 e. The van der Waals surface area contributed by atoms with Gasteiger partial charge in [-0.1, -0.05) is 23.7 Å². The summed E-state index contributed by atoms with van der Waals surface area (Å²) in [5.41, 5.74) is 1.11. The Morgan fingerprint density at radius 1 is 1.30 bits per heavy atom. The number of halogens is 2. The van der Waals surface area contributed by atoms with Crippen LogP contribution in [0.2, 0.25) is 5.02 Å². The van der Waals surface area contributed by atoms with Gasteiger partial charge < -0.3 is 5.32 Å². The SMILES string of the molecule is O=C(Nc1cccc2cn[nH]c12)c1cc(Cl)ccc1F. The van der Waals surface area contributed by atoms with Crippen LogP contribution < -0.4 is 5.32 Å². The molecule has 0 aliphatic rings. The lowest BCUT2D eigenvalue weighted by molar-refractivity contribution is 0.102. The average Bonchev–Trinajstić information content (AvgIpc) is 2.91. The molecule has 0 fully saturated rings. The predicted octanol–water partition coefficient (Wildman–Crippen LogP) is 3.61. The molecule has 0 atom stereocenters. The number of H-pyrrole nitrogens is 1. The lowest BCUT2D eigenvalue weighted by Gasteiger charge is -2.07. The van der Waals surface area contributed by atoms with Crippen LogP contribution in [0.25, 0.3) is 10.9 Å². The van der Waals surface area contributed by atoms with Crippen molar-refractivity contribution in [3.63, 3.8) is 0 Å². The molecule has 0 radical (unpaired) electrons. The highest BCUT2D eigenvalue weighted by molar-refractivity contribution is 6.31. The van der Waals surface area contributed by atoms with Crippen LogP contribution in [-0.4, -0.2) is 16.1 Å². The van der Waals surface area contributed by atoms with Gasteiger partial charge in [-0.3, -0.25) is 9.89 Å². The van der Waals surface area contributed by atoms with Crippen LogP contribution in [0.4, 0.5) is 10.1 Å². The Balaban J connectivity index is 1.96. The Kier molecular flexibility index (Phi) is 3.12. The maximum absolute atomic E-state index is 13.6. The van der Waals surface area contributed by atoms with E-state index >= 15 is 0 Å². The van der Waals surface area contributed by atoms with E-state index in [9.17, 15) is 9.18 Å². The van der Waals surface area contributed by atoms with Gasteiger partial charge in [0, 0.05) is 10.4 Å². The number of aromatic nitrogens is 2. The van der Waals surface area contributed by atoms with Gasteiger partial charge in [-0.15, -0.1) is 0 Å². The topological polar surface area (TPSA) is 57.8 Å². The first-order chi connectivity index (χ1) is 9.65. The summed E-state index contributed by atoms with van der Waals surface area (Å²) in [7, 11) is 0. The first kappa shape index (κ1) is 12.6. The van der Waals surface area contributed by atoms with Crippen LogP contribution >= 0.6 is 11.6 Å². The van der Waals surface area contributed by atoms with E-state index in [-0.39, 0.29) is 5.56 Å². The number of hydrogen-bond acceptors (Lipinski definition) is 2. The summed E-state index contributed by atoms with van der Waals surface area (Å²) in [5, 5.41) is 10.5. The van der Waals surface area contributed by atoms with Crippen molar-refractivity contribution in [2.24, 2.45) is 0 Å². The highest BCUT2D eigenvalue weighted by Crippen LogP contribution is 2.22. The smallest absolute Gasteiger partial charge is 0.258 e. The average molecular weight is 290 g/mol. The molecule has 3 aromatic rings. The Morgan fingerprint density at radius 3 is 3.00 bits per heavy atom. The van der Waals surface area contributed by atoms with Gasteiger partial charge in [0.15, 0.2) is 0 Å². The summed E-state index contributed by atoms with van der Waals surface area (Å²) in [6.45, 7) is 0. The molecule has 100 valence electrons. The van der Waals surface area contributed by atoms with Gasteiger partial charge in [-0.2, -0.15) is 5.10 Å². The van der Waals surface area contributed by atoms with Gasteiger partial charge in [-0.25, -0.2) is 4.39 Å². The van der Waals surface area contributed by atoms with E-state index in [0.29, 0.717) is 16.2 Å². The summed E-state index contributed by atoms with van der Waals surface area (Å²) in [4.78, 5) is 12.1. The van der Waals surface area contributed by atoms with Crippen molar-refractivity contribution in [3.05, 3.63) is 59.0 Å². The third-order valence-electron chi connectivity index (χ3n) is 2.90. The van der Waals surface area contributed by atoms with Crippen LogP contribution in [0.5, 0.6) is 0 Å². The first-order valence-corrected chi connectivity index (χ1v) is 6.21. The molecule has 20 heavy (non-hydrogen) atoms. The number of amides is 1. The molecular formula is C14H9ClFN3O. The molecule has 0 bridgehead atoms. The van der Waals surface area contributed by atoms with Crippen molar-refractivity contribution in [3.8, 4) is 0 Å². The molecule has 0 aliphatic heterocycles. The molecule has 0 spiro atoms. The number of rotatable bonds is 2. The zero-order valence-corrected chi connectivity index (χ0v) is 10.9. The van der Waals surface area contributed by atoms with Gasteiger partial charge >= 0.3 is 0 Å². The molecule has 2 aromatic carbocycles. The van der Waals surface area contributed by atoms with E-state index in [1.165, 1.54) is 12.1 Å². The fourth-order valence-electron chi connectivity index (χ4n) is 1.93. The zero-order valence-electron chi connectivity index (χ0n) is 10.2. The van der Waals surface area contributed by atoms with Gasteiger partial charge in [0.25, 0.3) is 5.91 Å². The van der Waals surface area contributed by atoms with Gasteiger partial charge in [0.1, 0.15) is 5.82 Å². The molecule has 0 aliphatic carbocycles. The first-order valence-electron chi connectivity index (χ1n) is 5.83. The number of carbonyl (C=O) groups excluding carboxylic acids is 1. The standard InChI is InChI=1S/C14H9ClFN3O/c15-9-4-5-11(16)10(6-9)14(20)18-12-3-1-2-8-7-17-19-13(8)12/h1-7H,(H,17,19)(H,18,20).